The van der Waals surface area contributed by atoms with E-state index >= 15 is 0 Å². The molecule has 30 heavy (non-hydrogen) atoms. The first-order valence-electron chi connectivity index (χ1n) is 9.09. The zero-order valence-electron chi connectivity index (χ0n) is 16.4. The molecule has 0 saturated carbocycles. The molecule has 0 spiro atoms. The lowest BCUT2D eigenvalue weighted by Gasteiger charge is -2.40. The average molecular weight is 458 g/mol. The van der Waals surface area contributed by atoms with Gasteiger partial charge in [0, 0.05) is 13.8 Å². The molecule has 0 radical (unpaired) electrons. The van der Waals surface area contributed by atoms with E-state index in [-0.39, 0.29) is 6.61 Å². The van der Waals surface area contributed by atoms with Gasteiger partial charge in [0.15, 0.2) is 6.29 Å². The first-order valence-corrected chi connectivity index (χ1v) is 10.0. The number of hydrogen-bond donors (Lipinski definition) is 10. The van der Waals surface area contributed by atoms with Crippen LogP contribution in [0.4, 0.5) is 0 Å². The standard InChI is InChI=1S/C8H15NO6.C8H15NO5S/c2*1-3(11)9-5-7(13)6(12)4(2-10)15-8(5)14/h2*4-8,10,12-14H,2H2,1H3,(H,9,11)/t;4?,5?,6-,7-,8-/m.1/s1. The lowest BCUT2D eigenvalue weighted by molar-refractivity contribution is -0.253. The van der Waals surface area contributed by atoms with Crippen molar-refractivity contribution in [2.24, 2.45) is 0 Å². The van der Waals surface area contributed by atoms with Crippen LogP contribution in [0.1, 0.15) is 13.8 Å². The molecule has 0 aromatic heterocycles. The molecule has 10 N–H and O–H groups in total. The van der Waals surface area contributed by atoms with Crippen LogP contribution in [0.5, 0.6) is 0 Å². The van der Waals surface area contributed by atoms with Gasteiger partial charge in [0.25, 0.3) is 0 Å². The molecule has 14 heteroatoms. The van der Waals surface area contributed by atoms with Crippen LogP contribution in [0.25, 0.3) is 0 Å². The summed E-state index contributed by atoms with van der Waals surface area (Å²) in [5, 5.41) is 78.7. The van der Waals surface area contributed by atoms with Crippen LogP contribution in [0.15, 0.2) is 0 Å². The number of rotatable bonds is 4. The highest BCUT2D eigenvalue weighted by Gasteiger charge is 2.44. The highest BCUT2D eigenvalue weighted by molar-refractivity contribution is 8.00. The Morgan fingerprint density at radius 2 is 1.30 bits per heavy atom. The van der Waals surface area contributed by atoms with Gasteiger partial charge in [-0.25, -0.2) is 0 Å². The average Bonchev–Trinajstić information content (AvgIpc) is 2.68. The molecule has 2 saturated heterocycles. The van der Waals surface area contributed by atoms with Crippen LogP contribution in [0.2, 0.25) is 0 Å². The molecule has 2 fully saturated rings. The molecule has 2 amide bonds. The molecule has 7 unspecified atom stereocenters. The minimum absolute atomic E-state index is 0.341. The molecule has 0 bridgehead atoms. The van der Waals surface area contributed by atoms with Gasteiger partial charge in [-0.15, -0.1) is 11.8 Å². The Labute approximate surface area is 176 Å². The molecule has 10 atom stereocenters. The molecular formula is C16H30N2O11S. The van der Waals surface area contributed by atoms with Gasteiger partial charge < -0.3 is 56.2 Å². The normalized spacial score (nSPS) is 41.3. The second-order valence-corrected chi connectivity index (χ2v) is 8.27. The minimum Gasteiger partial charge on any atom is -0.395 e. The molecule has 176 valence electrons. The van der Waals surface area contributed by atoms with E-state index in [4.69, 9.17) is 14.9 Å². The summed E-state index contributed by atoms with van der Waals surface area (Å²) >= 11 is 0.929. The summed E-state index contributed by atoms with van der Waals surface area (Å²) in [7, 11) is 0. The number of hydrogen-bond acceptors (Lipinski definition) is 12. The van der Waals surface area contributed by atoms with Crippen molar-refractivity contribution < 1.29 is 55.2 Å². The van der Waals surface area contributed by atoms with Gasteiger partial charge in [-0.1, -0.05) is 0 Å². The molecule has 13 nitrogen and oxygen atoms in total. The highest BCUT2D eigenvalue weighted by Crippen LogP contribution is 2.31. The second kappa shape index (κ2) is 12.1. The Balaban J connectivity index is 0.000000300. The second-order valence-electron chi connectivity index (χ2n) is 6.91. The number of carbonyl (C=O) groups is 2. The number of aliphatic hydroxyl groups excluding tert-OH is 8. The quantitative estimate of drug-likeness (QED) is 0.190. The number of amides is 2. The molecule has 2 aliphatic heterocycles. The predicted molar refractivity (Wildman–Crippen MR) is 102 cm³/mol. The SMILES string of the molecule is CC(=O)NC1C(O)OC(CO)C(O)C1O.CC(=O)NC1[C@H](O)SC(CO)[C@@H](O)[C@@H]1O. The molecule has 2 rings (SSSR count). The van der Waals surface area contributed by atoms with Crippen LogP contribution < -0.4 is 10.6 Å². The van der Waals surface area contributed by atoms with Crippen molar-refractivity contribution in [1.82, 2.24) is 10.6 Å². The highest BCUT2D eigenvalue weighted by atomic mass is 32.2. The van der Waals surface area contributed by atoms with E-state index in [9.17, 15) is 40.2 Å². The van der Waals surface area contributed by atoms with Crippen molar-refractivity contribution in [2.45, 2.75) is 73.4 Å². The van der Waals surface area contributed by atoms with Crippen molar-refractivity contribution >= 4 is 23.6 Å². The Kier molecular flexibility index (Phi) is 10.9. The zero-order chi connectivity index (χ0) is 23.2. The molecule has 0 aromatic rings. The van der Waals surface area contributed by atoms with E-state index in [0.717, 1.165) is 11.8 Å². The van der Waals surface area contributed by atoms with Gasteiger partial charge in [-0.3, -0.25) is 9.59 Å². The van der Waals surface area contributed by atoms with Gasteiger partial charge in [0.1, 0.15) is 35.9 Å². The summed E-state index contributed by atoms with van der Waals surface area (Å²) in [6.07, 6.45) is -7.68. The van der Waals surface area contributed by atoms with E-state index in [1.165, 1.54) is 13.8 Å². The monoisotopic (exact) mass is 458 g/mol. The fraction of sp³-hybridized carbons (Fsp3) is 0.875. The summed E-state index contributed by atoms with van der Waals surface area (Å²) in [5.74, 6) is -0.857. The summed E-state index contributed by atoms with van der Waals surface area (Å²) in [6.45, 7) is 1.60. The Hall–Kier alpha value is -1.07. The first kappa shape index (κ1) is 27.0. The van der Waals surface area contributed by atoms with Gasteiger partial charge in [-0.2, -0.15) is 0 Å². The van der Waals surface area contributed by atoms with Crippen molar-refractivity contribution in [3.63, 3.8) is 0 Å². The van der Waals surface area contributed by atoms with Crippen LogP contribution in [0, 0.1) is 0 Å². The van der Waals surface area contributed by atoms with Crippen LogP contribution in [0.3, 0.4) is 0 Å². The van der Waals surface area contributed by atoms with E-state index in [2.05, 4.69) is 10.6 Å². The van der Waals surface area contributed by atoms with Gasteiger partial charge >= 0.3 is 0 Å². The first-order chi connectivity index (χ1) is 13.9. The molecular weight excluding hydrogens is 428 g/mol. The fourth-order valence-electron chi connectivity index (χ4n) is 2.98. The van der Waals surface area contributed by atoms with Crippen molar-refractivity contribution in [1.29, 1.82) is 0 Å². The van der Waals surface area contributed by atoms with E-state index in [0.29, 0.717) is 0 Å². The number of thioether (sulfide) groups is 1. The summed E-state index contributed by atoms with van der Waals surface area (Å²) in [5.41, 5.74) is -1.04. The van der Waals surface area contributed by atoms with Gasteiger partial charge in [-0.05, 0) is 0 Å². The van der Waals surface area contributed by atoms with Gasteiger partial charge in [0.05, 0.1) is 30.6 Å². The van der Waals surface area contributed by atoms with Gasteiger partial charge in [0.2, 0.25) is 11.8 Å². The fourth-order valence-corrected chi connectivity index (χ4v) is 4.14. The van der Waals surface area contributed by atoms with Crippen LogP contribution in [-0.2, 0) is 14.3 Å². The van der Waals surface area contributed by atoms with E-state index in [1.54, 1.807) is 0 Å². The predicted octanol–water partition coefficient (Wildman–Crippen LogP) is -5.44. The maximum absolute atomic E-state index is 10.8. The Morgan fingerprint density at radius 1 is 0.800 bits per heavy atom. The largest absolute Gasteiger partial charge is 0.395 e. The van der Waals surface area contributed by atoms with Crippen LogP contribution >= 0.6 is 11.8 Å². The van der Waals surface area contributed by atoms with Crippen molar-refractivity contribution in [3.05, 3.63) is 0 Å². The smallest absolute Gasteiger partial charge is 0.217 e. The lowest BCUT2D eigenvalue weighted by Crippen LogP contribution is -2.63. The lowest BCUT2D eigenvalue weighted by atomic mass is 9.97. The summed E-state index contributed by atoms with van der Waals surface area (Å²) in [4.78, 5) is 21.5. The molecule has 2 aliphatic rings. The Morgan fingerprint density at radius 3 is 1.77 bits per heavy atom. The van der Waals surface area contributed by atoms with Crippen molar-refractivity contribution in [3.8, 4) is 0 Å². The van der Waals surface area contributed by atoms with E-state index < -0.39 is 78.0 Å². The third kappa shape index (κ3) is 6.98. The molecule has 0 aromatic carbocycles. The zero-order valence-corrected chi connectivity index (χ0v) is 17.2. The Bertz CT molecular complexity index is 523. The van der Waals surface area contributed by atoms with E-state index in [1.807, 2.05) is 0 Å². The summed E-state index contributed by atoms with van der Waals surface area (Å²) in [6, 6.07) is -2.01. The number of ether oxygens (including phenoxy) is 1. The topological polar surface area (TPSA) is 229 Å². The number of aliphatic hydroxyl groups is 8. The number of carbonyl (C=O) groups excluding carboxylic acids is 2. The third-order valence-electron chi connectivity index (χ3n) is 4.54. The third-order valence-corrected chi connectivity index (χ3v) is 5.89. The molecule has 2 heterocycles. The maximum atomic E-state index is 10.8. The summed E-state index contributed by atoms with van der Waals surface area (Å²) < 4.78 is 4.81. The maximum Gasteiger partial charge on any atom is 0.217 e. The van der Waals surface area contributed by atoms with Crippen molar-refractivity contribution in [2.75, 3.05) is 13.2 Å². The molecule has 0 aliphatic carbocycles. The minimum atomic E-state index is -1.45. The van der Waals surface area contributed by atoms with Crippen LogP contribution in [-0.4, -0.2) is 125 Å². The number of nitrogens with one attached hydrogen (secondary N) is 2.